The third kappa shape index (κ3) is 5.72. The number of nitrogens with one attached hydrogen (secondary N) is 1. The fourth-order valence-corrected chi connectivity index (χ4v) is 7.13. The summed E-state index contributed by atoms with van der Waals surface area (Å²) in [5.41, 5.74) is 0.200. The Bertz CT molecular complexity index is 910. The number of nitrogens with zero attached hydrogens (tertiary/aromatic N) is 2. The molecule has 2 aliphatic rings. The van der Waals surface area contributed by atoms with Crippen LogP contribution in [0.1, 0.15) is 27.2 Å². The molecule has 1 aromatic rings. The molecule has 2 atom stereocenters. The summed E-state index contributed by atoms with van der Waals surface area (Å²) in [5.74, 6) is -0.251. The molecule has 0 unspecified atom stereocenters. The highest BCUT2D eigenvalue weighted by Crippen LogP contribution is 2.40. The smallest absolute Gasteiger partial charge is 0.407 e. The molecule has 0 aliphatic carbocycles. The molecular weight excluding hydrogens is 414 g/mol. The number of amides is 2. The number of para-hydroxylation sites is 1. The number of carbonyl (C=O) groups excluding carboxylic acids is 2. The lowest BCUT2D eigenvalue weighted by Crippen LogP contribution is -2.37. The number of sulfone groups is 1. The predicted molar refractivity (Wildman–Crippen MR) is 114 cm³/mol. The molecule has 0 aromatic heterocycles. The van der Waals surface area contributed by atoms with E-state index in [-0.39, 0.29) is 41.7 Å². The van der Waals surface area contributed by atoms with Crippen molar-refractivity contribution < 1.29 is 22.7 Å². The maximum Gasteiger partial charge on any atom is 0.407 e. The van der Waals surface area contributed by atoms with Crippen LogP contribution in [0.3, 0.4) is 0 Å². The Morgan fingerprint density at radius 3 is 2.59 bits per heavy atom. The van der Waals surface area contributed by atoms with Crippen molar-refractivity contribution in [2.24, 2.45) is 4.99 Å². The second kappa shape index (κ2) is 8.35. The molecule has 3 rings (SSSR count). The number of rotatable bonds is 4. The molecule has 158 valence electrons. The van der Waals surface area contributed by atoms with Gasteiger partial charge in [0.25, 0.3) is 0 Å². The first-order chi connectivity index (χ1) is 13.5. The second-order valence-corrected chi connectivity index (χ2v) is 11.3. The number of thioether (sulfide) groups is 1. The van der Waals surface area contributed by atoms with Crippen molar-refractivity contribution >= 4 is 44.5 Å². The third-order valence-corrected chi connectivity index (χ3v) is 7.54. The van der Waals surface area contributed by atoms with E-state index in [9.17, 15) is 18.0 Å². The highest BCUT2D eigenvalue weighted by Gasteiger charge is 2.49. The van der Waals surface area contributed by atoms with Gasteiger partial charge in [0.15, 0.2) is 15.0 Å². The fourth-order valence-electron chi connectivity index (χ4n) is 3.20. The van der Waals surface area contributed by atoms with Gasteiger partial charge in [-0.15, -0.1) is 0 Å². The second-order valence-electron chi connectivity index (χ2n) is 7.97. The number of hydrogen-bond acceptors (Lipinski definition) is 6. The summed E-state index contributed by atoms with van der Waals surface area (Å²) in [6.07, 6.45) is -0.557. The van der Waals surface area contributed by atoms with E-state index in [0.29, 0.717) is 5.17 Å². The number of carbonyl (C=O) groups is 2. The van der Waals surface area contributed by atoms with E-state index in [1.54, 1.807) is 20.8 Å². The Kier molecular flexibility index (Phi) is 6.23. The third-order valence-electron chi connectivity index (χ3n) is 4.33. The summed E-state index contributed by atoms with van der Waals surface area (Å²) in [7, 11) is -3.10. The number of aliphatic imine (C=N–C) groups is 1. The van der Waals surface area contributed by atoms with E-state index in [1.165, 1.54) is 11.8 Å². The van der Waals surface area contributed by atoms with E-state index in [1.807, 2.05) is 35.2 Å². The molecule has 8 nitrogen and oxygen atoms in total. The lowest BCUT2D eigenvalue weighted by Gasteiger charge is -2.24. The Hall–Kier alpha value is -2.07. The average molecular weight is 440 g/mol. The maximum absolute atomic E-state index is 12.4. The fraction of sp³-hybridized carbons (Fsp3) is 0.526. The summed E-state index contributed by atoms with van der Waals surface area (Å²) in [6.45, 7) is 5.39. The van der Waals surface area contributed by atoms with Crippen molar-refractivity contribution in [2.45, 2.75) is 44.1 Å². The lowest BCUT2D eigenvalue weighted by molar-refractivity contribution is -0.117. The van der Waals surface area contributed by atoms with Gasteiger partial charge in [0.1, 0.15) is 5.60 Å². The van der Waals surface area contributed by atoms with E-state index in [0.717, 1.165) is 5.69 Å². The molecule has 0 spiro atoms. The minimum atomic E-state index is -3.10. The van der Waals surface area contributed by atoms with Gasteiger partial charge in [0.2, 0.25) is 5.91 Å². The zero-order valence-electron chi connectivity index (χ0n) is 16.6. The van der Waals surface area contributed by atoms with Crippen LogP contribution >= 0.6 is 11.8 Å². The Labute approximate surface area is 175 Å². The van der Waals surface area contributed by atoms with Crippen LogP contribution in [0.5, 0.6) is 0 Å². The molecule has 0 saturated carbocycles. The molecule has 2 amide bonds. The van der Waals surface area contributed by atoms with Gasteiger partial charge in [-0.05, 0) is 32.9 Å². The van der Waals surface area contributed by atoms with Crippen molar-refractivity contribution in [1.29, 1.82) is 0 Å². The van der Waals surface area contributed by atoms with Gasteiger partial charge in [-0.1, -0.05) is 30.0 Å². The molecule has 1 aromatic carbocycles. The number of fused-ring (bicyclic) bond motifs is 1. The highest BCUT2D eigenvalue weighted by molar-refractivity contribution is 8.16. The van der Waals surface area contributed by atoms with Crippen LogP contribution in [-0.2, 0) is 19.4 Å². The van der Waals surface area contributed by atoms with Crippen LogP contribution in [-0.4, -0.2) is 60.5 Å². The normalized spacial score (nSPS) is 24.4. The lowest BCUT2D eigenvalue weighted by atomic mass is 10.2. The molecule has 29 heavy (non-hydrogen) atoms. The first-order valence-electron chi connectivity index (χ1n) is 9.34. The minimum Gasteiger partial charge on any atom is -0.444 e. The zero-order chi connectivity index (χ0) is 21.2. The molecule has 2 saturated heterocycles. The molecule has 0 bridgehead atoms. The summed E-state index contributed by atoms with van der Waals surface area (Å²) >= 11 is 1.33. The van der Waals surface area contributed by atoms with Crippen molar-refractivity contribution in [1.82, 2.24) is 5.32 Å². The Morgan fingerprint density at radius 1 is 1.24 bits per heavy atom. The quantitative estimate of drug-likeness (QED) is 0.767. The zero-order valence-corrected chi connectivity index (χ0v) is 18.3. The van der Waals surface area contributed by atoms with Crippen LogP contribution in [0.2, 0.25) is 0 Å². The number of ether oxygens (including phenoxy) is 1. The van der Waals surface area contributed by atoms with Gasteiger partial charge in [0.05, 0.1) is 17.5 Å². The number of benzene rings is 1. The van der Waals surface area contributed by atoms with Crippen molar-refractivity contribution in [3.8, 4) is 0 Å². The molecule has 2 fully saturated rings. The molecule has 10 heteroatoms. The van der Waals surface area contributed by atoms with Crippen LogP contribution < -0.4 is 10.2 Å². The molecular formula is C19H25N3O5S2. The number of hydrogen-bond donors (Lipinski definition) is 1. The van der Waals surface area contributed by atoms with E-state index < -0.39 is 21.5 Å². The summed E-state index contributed by atoms with van der Waals surface area (Å²) in [4.78, 5) is 30.1. The van der Waals surface area contributed by atoms with Gasteiger partial charge in [-0.2, -0.15) is 4.99 Å². The average Bonchev–Trinajstić information content (AvgIpc) is 3.04. The molecule has 2 aliphatic heterocycles. The SMILES string of the molecule is CC(C)(C)OC(=O)NCCC(=O)N=C1S[C@H]2CS(=O)(=O)C[C@@H]2N1c1ccccc1. The van der Waals surface area contributed by atoms with Crippen LogP contribution in [0, 0.1) is 0 Å². The van der Waals surface area contributed by atoms with Gasteiger partial charge >= 0.3 is 6.09 Å². The summed E-state index contributed by atoms with van der Waals surface area (Å²) in [5, 5.41) is 2.89. The van der Waals surface area contributed by atoms with Gasteiger partial charge in [-0.3, -0.25) is 4.79 Å². The van der Waals surface area contributed by atoms with Gasteiger partial charge < -0.3 is 15.0 Å². The summed E-state index contributed by atoms with van der Waals surface area (Å²) < 4.78 is 29.2. The first kappa shape index (κ1) is 21.6. The van der Waals surface area contributed by atoms with Crippen LogP contribution in [0.4, 0.5) is 10.5 Å². The van der Waals surface area contributed by atoms with Gasteiger partial charge in [0, 0.05) is 23.9 Å². The monoisotopic (exact) mass is 439 g/mol. The van der Waals surface area contributed by atoms with Gasteiger partial charge in [-0.25, -0.2) is 13.2 Å². The Balaban J connectivity index is 1.67. The maximum atomic E-state index is 12.4. The topological polar surface area (TPSA) is 105 Å². The minimum absolute atomic E-state index is 0.0273. The first-order valence-corrected chi connectivity index (χ1v) is 12.0. The number of amidine groups is 1. The number of anilines is 1. The van der Waals surface area contributed by atoms with Crippen molar-refractivity contribution in [2.75, 3.05) is 23.0 Å². The Morgan fingerprint density at radius 2 is 1.93 bits per heavy atom. The van der Waals surface area contributed by atoms with Crippen LogP contribution in [0.15, 0.2) is 35.3 Å². The summed E-state index contributed by atoms with van der Waals surface area (Å²) in [6, 6.07) is 9.11. The molecule has 2 heterocycles. The number of alkyl carbamates (subject to hydrolysis) is 1. The molecule has 0 radical (unpaired) electrons. The highest BCUT2D eigenvalue weighted by atomic mass is 32.2. The largest absolute Gasteiger partial charge is 0.444 e. The van der Waals surface area contributed by atoms with E-state index >= 15 is 0 Å². The van der Waals surface area contributed by atoms with Crippen molar-refractivity contribution in [3.05, 3.63) is 30.3 Å². The molecule has 1 N–H and O–H groups in total. The van der Waals surface area contributed by atoms with E-state index in [4.69, 9.17) is 4.74 Å². The standard InChI is InChI=1S/C19H25N3O5S2/c1-19(2,3)27-18(24)20-10-9-16(23)21-17-22(13-7-5-4-6-8-13)14-11-29(25,26)12-15(14)28-17/h4-8,14-15H,9-12H2,1-3H3,(H,20,24)/t14-,15-/m0/s1. The van der Waals surface area contributed by atoms with Crippen molar-refractivity contribution in [3.63, 3.8) is 0 Å². The predicted octanol–water partition coefficient (Wildman–Crippen LogP) is 2.20. The van der Waals surface area contributed by atoms with Crippen LogP contribution in [0.25, 0.3) is 0 Å². The van der Waals surface area contributed by atoms with E-state index in [2.05, 4.69) is 10.3 Å².